The summed E-state index contributed by atoms with van der Waals surface area (Å²) >= 11 is 0. The average molecular weight is 358 g/mol. The van der Waals surface area contributed by atoms with Gasteiger partial charge in [0.2, 0.25) is 15.9 Å². The fourth-order valence-electron chi connectivity index (χ4n) is 2.02. The molecule has 1 rings (SSSR count). The highest BCUT2D eigenvalue weighted by Gasteiger charge is 2.22. The Labute approximate surface area is 141 Å². The van der Waals surface area contributed by atoms with Crippen molar-refractivity contribution in [3.8, 4) is 5.75 Å². The largest absolute Gasteiger partial charge is 0.482 e. The van der Waals surface area contributed by atoms with E-state index in [2.05, 4.69) is 5.32 Å². The third-order valence-electron chi connectivity index (χ3n) is 3.16. The standard InChI is InChI=1S/C15H22N2O6S/c1-3-17(4-2)24(21,22)11-14(18)16-9-12-6-5-7-13(8-12)23-10-15(19)20/h5-8H,3-4,9-11H2,1-2H3,(H,16,18)(H,19,20). The Morgan fingerprint density at radius 3 is 2.50 bits per heavy atom. The molecule has 24 heavy (non-hydrogen) atoms. The van der Waals surface area contributed by atoms with Gasteiger partial charge in [0.1, 0.15) is 11.5 Å². The van der Waals surface area contributed by atoms with Crippen LogP contribution in [0.3, 0.4) is 0 Å². The highest BCUT2D eigenvalue weighted by atomic mass is 32.2. The number of aliphatic carboxylic acids is 1. The molecule has 0 radical (unpaired) electrons. The highest BCUT2D eigenvalue weighted by molar-refractivity contribution is 7.89. The van der Waals surface area contributed by atoms with Crippen molar-refractivity contribution in [3.63, 3.8) is 0 Å². The molecule has 0 aliphatic heterocycles. The van der Waals surface area contributed by atoms with E-state index in [1.165, 1.54) is 4.31 Å². The lowest BCUT2D eigenvalue weighted by atomic mass is 10.2. The van der Waals surface area contributed by atoms with E-state index in [4.69, 9.17) is 9.84 Å². The molecule has 0 saturated carbocycles. The van der Waals surface area contributed by atoms with E-state index in [1.807, 2.05) is 0 Å². The Bertz CT molecular complexity index is 670. The van der Waals surface area contributed by atoms with Crippen LogP contribution in [0.15, 0.2) is 24.3 Å². The molecule has 8 nitrogen and oxygen atoms in total. The van der Waals surface area contributed by atoms with Gasteiger partial charge in [-0.3, -0.25) is 4.79 Å². The van der Waals surface area contributed by atoms with Crippen LogP contribution in [0.4, 0.5) is 0 Å². The molecule has 0 fully saturated rings. The summed E-state index contributed by atoms with van der Waals surface area (Å²) in [5.41, 5.74) is 0.673. The van der Waals surface area contributed by atoms with Crippen molar-refractivity contribution >= 4 is 21.9 Å². The van der Waals surface area contributed by atoms with Gasteiger partial charge in [0.05, 0.1) is 0 Å². The van der Waals surface area contributed by atoms with Crippen LogP contribution >= 0.6 is 0 Å². The number of nitrogens with one attached hydrogen (secondary N) is 1. The molecule has 0 spiro atoms. The summed E-state index contributed by atoms with van der Waals surface area (Å²) in [4.78, 5) is 22.3. The monoisotopic (exact) mass is 358 g/mol. The van der Waals surface area contributed by atoms with Crippen LogP contribution in [0.25, 0.3) is 0 Å². The quantitative estimate of drug-likeness (QED) is 0.627. The second kappa shape index (κ2) is 9.24. The fourth-order valence-corrected chi connectivity index (χ4v) is 3.42. The second-order valence-electron chi connectivity index (χ2n) is 4.95. The van der Waals surface area contributed by atoms with Crippen LogP contribution in [0.1, 0.15) is 19.4 Å². The van der Waals surface area contributed by atoms with Crippen LogP contribution in [0, 0.1) is 0 Å². The molecule has 1 amide bonds. The van der Waals surface area contributed by atoms with Gasteiger partial charge in [-0.25, -0.2) is 17.5 Å². The molecule has 1 aromatic carbocycles. The van der Waals surface area contributed by atoms with Crippen molar-refractivity contribution in [3.05, 3.63) is 29.8 Å². The first-order valence-electron chi connectivity index (χ1n) is 7.46. The lowest BCUT2D eigenvalue weighted by Crippen LogP contribution is -2.39. The summed E-state index contributed by atoms with van der Waals surface area (Å²) in [6.45, 7) is 3.71. The predicted octanol–water partition coefficient (Wildman–Crippen LogP) is 0.438. The molecule has 0 aromatic heterocycles. The van der Waals surface area contributed by atoms with E-state index in [0.717, 1.165) is 0 Å². The molecule has 0 unspecified atom stereocenters. The number of hydrogen-bond acceptors (Lipinski definition) is 5. The van der Waals surface area contributed by atoms with Gasteiger partial charge in [-0.1, -0.05) is 26.0 Å². The highest BCUT2D eigenvalue weighted by Crippen LogP contribution is 2.13. The molecule has 9 heteroatoms. The second-order valence-corrected chi connectivity index (χ2v) is 6.92. The van der Waals surface area contributed by atoms with E-state index in [1.54, 1.807) is 38.1 Å². The maximum atomic E-state index is 12.0. The van der Waals surface area contributed by atoms with E-state index < -0.39 is 34.3 Å². The molecule has 1 aromatic rings. The van der Waals surface area contributed by atoms with Crippen molar-refractivity contribution in [2.45, 2.75) is 20.4 Å². The molecule has 0 bridgehead atoms. The molecule has 0 heterocycles. The Balaban J connectivity index is 2.58. The van der Waals surface area contributed by atoms with E-state index in [9.17, 15) is 18.0 Å². The van der Waals surface area contributed by atoms with Crippen molar-refractivity contribution in [1.29, 1.82) is 0 Å². The third kappa shape index (κ3) is 6.55. The Morgan fingerprint density at radius 2 is 1.92 bits per heavy atom. The molecule has 2 N–H and O–H groups in total. The van der Waals surface area contributed by atoms with Gasteiger partial charge in [0.25, 0.3) is 0 Å². The number of benzene rings is 1. The summed E-state index contributed by atoms with van der Waals surface area (Å²) in [5.74, 6) is -1.93. The number of nitrogens with zero attached hydrogens (tertiary/aromatic N) is 1. The van der Waals surface area contributed by atoms with Gasteiger partial charge < -0.3 is 15.2 Å². The van der Waals surface area contributed by atoms with E-state index in [0.29, 0.717) is 24.4 Å². The zero-order valence-corrected chi connectivity index (χ0v) is 14.5. The Kier molecular flexibility index (Phi) is 7.66. The molecule has 0 atom stereocenters. The smallest absolute Gasteiger partial charge is 0.341 e. The van der Waals surface area contributed by atoms with E-state index in [-0.39, 0.29) is 6.54 Å². The van der Waals surface area contributed by atoms with Crippen LogP contribution < -0.4 is 10.1 Å². The number of ether oxygens (including phenoxy) is 1. The molecule has 0 aliphatic rings. The van der Waals surface area contributed by atoms with Gasteiger partial charge in [-0.2, -0.15) is 0 Å². The first kappa shape index (κ1) is 19.9. The third-order valence-corrected chi connectivity index (χ3v) is 5.09. The predicted molar refractivity (Wildman–Crippen MR) is 88.1 cm³/mol. The molecular weight excluding hydrogens is 336 g/mol. The summed E-state index contributed by atoms with van der Waals surface area (Å²) in [5, 5.41) is 11.1. The molecular formula is C15H22N2O6S. The number of rotatable bonds is 10. The zero-order chi connectivity index (χ0) is 18.2. The van der Waals surface area contributed by atoms with Gasteiger partial charge in [-0.15, -0.1) is 0 Å². The van der Waals surface area contributed by atoms with E-state index >= 15 is 0 Å². The molecule has 0 saturated heterocycles. The van der Waals surface area contributed by atoms with Gasteiger partial charge in [0, 0.05) is 19.6 Å². The summed E-state index contributed by atoms with van der Waals surface area (Å²) in [7, 11) is -3.62. The minimum absolute atomic E-state index is 0.122. The Morgan fingerprint density at radius 1 is 1.25 bits per heavy atom. The summed E-state index contributed by atoms with van der Waals surface area (Å²) in [6, 6.07) is 6.55. The SMILES string of the molecule is CCN(CC)S(=O)(=O)CC(=O)NCc1cccc(OCC(=O)O)c1. The number of carbonyl (C=O) groups is 2. The van der Waals surface area contributed by atoms with Crippen LogP contribution in [0.2, 0.25) is 0 Å². The van der Waals surface area contributed by atoms with Crippen molar-refractivity contribution < 1.29 is 27.9 Å². The number of sulfonamides is 1. The lowest BCUT2D eigenvalue weighted by molar-refractivity contribution is -0.139. The van der Waals surface area contributed by atoms with Crippen LogP contribution in [-0.2, 0) is 26.2 Å². The summed E-state index contributed by atoms with van der Waals surface area (Å²) in [6.07, 6.45) is 0. The zero-order valence-electron chi connectivity index (χ0n) is 13.7. The lowest BCUT2D eigenvalue weighted by Gasteiger charge is -2.18. The fraction of sp³-hybridized carbons (Fsp3) is 0.467. The van der Waals surface area contributed by atoms with Crippen LogP contribution in [0.5, 0.6) is 5.75 Å². The maximum absolute atomic E-state index is 12.0. The van der Waals surface area contributed by atoms with Crippen molar-refractivity contribution in [2.24, 2.45) is 0 Å². The average Bonchev–Trinajstić information content (AvgIpc) is 2.52. The number of hydrogen-bond donors (Lipinski definition) is 2. The van der Waals surface area contributed by atoms with Gasteiger partial charge >= 0.3 is 5.97 Å². The number of carbonyl (C=O) groups excluding carboxylic acids is 1. The van der Waals surface area contributed by atoms with Crippen molar-refractivity contribution in [2.75, 3.05) is 25.4 Å². The summed E-state index contributed by atoms with van der Waals surface area (Å²) < 4.78 is 30.3. The molecule has 134 valence electrons. The van der Waals surface area contributed by atoms with Gasteiger partial charge in [0.15, 0.2) is 6.61 Å². The number of carboxylic acid groups (broad SMARTS) is 1. The maximum Gasteiger partial charge on any atom is 0.341 e. The number of amides is 1. The molecule has 0 aliphatic carbocycles. The minimum Gasteiger partial charge on any atom is -0.482 e. The normalized spacial score (nSPS) is 11.3. The topological polar surface area (TPSA) is 113 Å². The van der Waals surface area contributed by atoms with Crippen LogP contribution in [-0.4, -0.2) is 55.2 Å². The number of carboxylic acids is 1. The van der Waals surface area contributed by atoms with Gasteiger partial charge in [-0.05, 0) is 17.7 Å². The first-order valence-corrected chi connectivity index (χ1v) is 9.07. The first-order chi connectivity index (χ1) is 11.3. The Hall–Kier alpha value is -2.13. The minimum atomic E-state index is -3.62. The van der Waals surface area contributed by atoms with Crippen molar-refractivity contribution in [1.82, 2.24) is 9.62 Å².